The van der Waals surface area contributed by atoms with Gasteiger partial charge in [0.05, 0.1) is 23.0 Å². The second-order valence-electron chi connectivity index (χ2n) is 11.3. The molecule has 180 valence electrons. The van der Waals surface area contributed by atoms with Crippen LogP contribution in [0, 0.1) is 23.2 Å². The average Bonchev–Trinajstić information content (AvgIpc) is 3.41. The zero-order valence-electron chi connectivity index (χ0n) is 20.3. The quantitative estimate of drug-likeness (QED) is 0.348. The molecule has 2 aromatic heterocycles. The lowest BCUT2D eigenvalue weighted by atomic mass is 9.48. The summed E-state index contributed by atoms with van der Waals surface area (Å²) in [6, 6.07) is 14.2. The molecule has 8 rings (SSSR count). The summed E-state index contributed by atoms with van der Waals surface area (Å²) < 4.78 is 8.48. The van der Waals surface area contributed by atoms with Gasteiger partial charge in [0.1, 0.15) is 5.75 Å². The van der Waals surface area contributed by atoms with Crippen LogP contribution in [-0.2, 0) is 0 Å². The highest BCUT2D eigenvalue weighted by molar-refractivity contribution is 7.23. The molecule has 4 aromatic rings. The molecule has 4 fully saturated rings. The number of carbonyl (C=O) groups excluding carboxylic acids is 1. The fourth-order valence-electron chi connectivity index (χ4n) is 7.68. The number of nitrogens with zero attached hydrogens (tertiary/aromatic N) is 2. The number of hydrogen-bond acceptors (Lipinski definition) is 4. The van der Waals surface area contributed by atoms with Crippen molar-refractivity contribution in [3.05, 3.63) is 54.2 Å². The molecule has 4 aliphatic carbocycles. The van der Waals surface area contributed by atoms with E-state index in [4.69, 9.17) is 9.72 Å². The maximum absolute atomic E-state index is 13.3. The standard InChI is InChI=1S/C29H31N3O2S/c1-17(29-13-18-9-19(14-29)11-20(10-18)15-29)30-27(33)22-5-8-25-26(12-22)35-28-31-24(16-32(25)28)21-3-6-23(34-2)7-4-21/h3-8,12,16-20H,9-11,13-15H2,1-2H3,(H,30,33)/t17-,18?,19?,20?,29?/m0/s1. The second kappa shape index (κ2) is 7.82. The molecule has 35 heavy (non-hydrogen) atoms. The molecule has 0 saturated heterocycles. The fraction of sp³-hybridized carbons (Fsp3) is 0.448. The van der Waals surface area contributed by atoms with E-state index in [1.807, 2.05) is 36.4 Å². The van der Waals surface area contributed by atoms with Crippen molar-refractivity contribution >= 4 is 32.4 Å². The maximum Gasteiger partial charge on any atom is 0.251 e. The van der Waals surface area contributed by atoms with Crippen LogP contribution >= 0.6 is 11.3 Å². The zero-order valence-corrected chi connectivity index (χ0v) is 21.1. The first kappa shape index (κ1) is 21.4. The van der Waals surface area contributed by atoms with Crippen LogP contribution in [0.15, 0.2) is 48.7 Å². The van der Waals surface area contributed by atoms with E-state index in [0.717, 1.165) is 55.5 Å². The molecule has 4 bridgehead atoms. The second-order valence-corrected chi connectivity index (χ2v) is 12.3. The summed E-state index contributed by atoms with van der Waals surface area (Å²) >= 11 is 1.63. The van der Waals surface area contributed by atoms with Crippen molar-refractivity contribution in [1.82, 2.24) is 14.7 Å². The van der Waals surface area contributed by atoms with Gasteiger partial charge < -0.3 is 10.1 Å². The molecule has 0 radical (unpaired) electrons. The number of methoxy groups -OCH3 is 1. The van der Waals surface area contributed by atoms with Crippen LogP contribution in [0.5, 0.6) is 5.75 Å². The molecule has 0 spiro atoms. The molecule has 4 aliphatic rings. The number of imidazole rings is 1. The van der Waals surface area contributed by atoms with Crippen molar-refractivity contribution in [1.29, 1.82) is 0 Å². The van der Waals surface area contributed by atoms with Gasteiger partial charge in [-0.3, -0.25) is 9.20 Å². The summed E-state index contributed by atoms with van der Waals surface area (Å²) in [5.41, 5.74) is 4.14. The number of nitrogens with one attached hydrogen (secondary N) is 1. The van der Waals surface area contributed by atoms with E-state index < -0.39 is 0 Å². The van der Waals surface area contributed by atoms with Gasteiger partial charge in [-0.25, -0.2) is 4.98 Å². The van der Waals surface area contributed by atoms with Crippen LogP contribution in [0.4, 0.5) is 0 Å². The molecule has 0 unspecified atom stereocenters. The third-order valence-electron chi connectivity index (χ3n) is 9.09. The van der Waals surface area contributed by atoms with Crippen molar-refractivity contribution in [3.8, 4) is 17.0 Å². The Morgan fingerprint density at radius 3 is 2.43 bits per heavy atom. The number of hydrogen-bond donors (Lipinski definition) is 1. The van der Waals surface area contributed by atoms with E-state index >= 15 is 0 Å². The monoisotopic (exact) mass is 485 g/mol. The smallest absolute Gasteiger partial charge is 0.251 e. The third kappa shape index (κ3) is 3.48. The lowest BCUT2D eigenvalue weighted by Gasteiger charge is -2.59. The van der Waals surface area contributed by atoms with E-state index in [1.54, 1.807) is 18.4 Å². The first-order valence-electron chi connectivity index (χ1n) is 12.9. The van der Waals surface area contributed by atoms with Gasteiger partial charge in [0, 0.05) is 23.4 Å². The van der Waals surface area contributed by atoms with Crippen LogP contribution in [0.3, 0.4) is 0 Å². The Morgan fingerprint density at radius 1 is 1.09 bits per heavy atom. The largest absolute Gasteiger partial charge is 0.497 e. The first-order chi connectivity index (χ1) is 17.0. The number of fused-ring (bicyclic) bond motifs is 3. The fourth-order valence-corrected chi connectivity index (χ4v) is 8.73. The van der Waals surface area contributed by atoms with E-state index in [2.05, 4.69) is 28.9 Å². The minimum atomic E-state index is 0.0557. The van der Waals surface area contributed by atoms with Crippen molar-refractivity contribution < 1.29 is 9.53 Å². The zero-order chi connectivity index (χ0) is 23.7. The highest BCUT2D eigenvalue weighted by atomic mass is 32.1. The van der Waals surface area contributed by atoms with Gasteiger partial charge >= 0.3 is 0 Å². The Labute approximate surface area is 209 Å². The molecule has 5 nitrogen and oxygen atoms in total. The normalized spacial score (nSPS) is 28.0. The lowest BCUT2D eigenvalue weighted by Crippen LogP contribution is -2.55. The molecule has 0 aliphatic heterocycles. The molecule has 6 heteroatoms. The van der Waals surface area contributed by atoms with Crippen molar-refractivity contribution in [2.75, 3.05) is 7.11 Å². The lowest BCUT2D eigenvalue weighted by molar-refractivity contribution is -0.0688. The summed E-state index contributed by atoms with van der Waals surface area (Å²) in [6.45, 7) is 2.25. The molecule has 1 amide bonds. The Balaban J connectivity index is 1.12. The molecule has 1 N–H and O–H groups in total. The van der Waals surface area contributed by atoms with Crippen LogP contribution < -0.4 is 10.1 Å². The highest BCUT2D eigenvalue weighted by Gasteiger charge is 2.53. The summed E-state index contributed by atoms with van der Waals surface area (Å²) in [7, 11) is 1.67. The average molecular weight is 486 g/mol. The van der Waals surface area contributed by atoms with E-state index in [-0.39, 0.29) is 11.9 Å². The van der Waals surface area contributed by atoms with Crippen LogP contribution in [0.25, 0.3) is 26.4 Å². The topological polar surface area (TPSA) is 55.6 Å². The van der Waals surface area contributed by atoms with E-state index in [9.17, 15) is 4.79 Å². The summed E-state index contributed by atoms with van der Waals surface area (Å²) in [4.78, 5) is 19.1. The molecular weight excluding hydrogens is 454 g/mol. The summed E-state index contributed by atoms with van der Waals surface area (Å²) in [5.74, 6) is 3.56. The summed E-state index contributed by atoms with van der Waals surface area (Å²) in [5, 5.41) is 3.42. The Hall–Kier alpha value is -2.86. The first-order valence-corrected chi connectivity index (χ1v) is 13.7. The van der Waals surface area contributed by atoms with Gasteiger partial charge in [-0.15, -0.1) is 0 Å². The van der Waals surface area contributed by atoms with Crippen LogP contribution in [0.2, 0.25) is 0 Å². The van der Waals surface area contributed by atoms with Gasteiger partial charge in [-0.05, 0) is 111 Å². The van der Waals surface area contributed by atoms with Gasteiger partial charge in [0.15, 0.2) is 4.96 Å². The Morgan fingerprint density at radius 2 is 1.77 bits per heavy atom. The maximum atomic E-state index is 13.3. The summed E-state index contributed by atoms with van der Waals surface area (Å²) in [6.07, 6.45) is 10.3. The number of thiazole rings is 1. The molecule has 2 heterocycles. The van der Waals surface area contributed by atoms with Crippen LogP contribution in [0.1, 0.15) is 55.8 Å². The number of benzene rings is 2. The van der Waals surface area contributed by atoms with E-state index in [1.165, 1.54) is 38.5 Å². The Kier molecular flexibility index (Phi) is 4.79. The van der Waals surface area contributed by atoms with Crippen LogP contribution in [-0.4, -0.2) is 28.4 Å². The molecule has 4 saturated carbocycles. The molecule has 2 aromatic carbocycles. The third-order valence-corrected chi connectivity index (χ3v) is 10.1. The van der Waals surface area contributed by atoms with E-state index in [0.29, 0.717) is 5.41 Å². The minimum absolute atomic E-state index is 0.0557. The van der Waals surface area contributed by atoms with Crippen molar-refractivity contribution in [2.45, 2.75) is 51.5 Å². The number of amides is 1. The molecular formula is C29H31N3O2S. The number of aromatic nitrogens is 2. The SMILES string of the molecule is COc1ccc(-c2cn3c(n2)sc2cc(C(=O)N[C@@H](C)C45CC6CC(CC(C6)C4)C5)ccc23)cc1. The highest BCUT2D eigenvalue weighted by Crippen LogP contribution is 2.61. The number of ether oxygens (including phenoxy) is 1. The number of rotatable bonds is 5. The molecule has 1 atom stereocenters. The number of carbonyl (C=O) groups is 1. The Bertz CT molecular complexity index is 1400. The predicted molar refractivity (Wildman–Crippen MR) is 140 cm³/mol. The van der Waals surface area contributed by atoms with Crippen molar-refractivity contribution in [3.63, 3.8) is 0 Å². The predicted octanol–water partition coefficient (Wildman–Crippen LogP) is 6.56. The van der Waals surface area contributed by atoms with Gasteiger partial charge in [0.25, 0.3) is 5.91 Å². The van der Waals surface area contributed by atoms with Gasteiger partial charge in [0.2, 0.25) is 0 Å². The van der Waals surface area contributed by atoms with Gasteiger partial charge in [-0.2, -0.15) is 0 Å². The van der Waals surface area contributed by atoms with Crippen molar-refractivity contribution in [2.24, 2.45) is 23.2 Å². The minimum Gasteiger partial charge on any atom is -0.497 e. The van der Waals surface area contributed by atoms with Gasteiger partial charge in [-0.1, -0.05) is 11.3 Å².